The van der Waals surface area contributed by atoms with Crippen LogP contribution in [0.3, 0.4) is 0 Å². The first-order valence-electron chi connectivity index (χ1n) is 8.65. The van der Waals surface area contributed by atoms with Gasteiger partial charge >= 0.3 is 6.18 Å². The summed E-state index contributed by atoms with van der Waals surface area (Å²) >= 11 is 6.02. The molecule has 0 atom stereocenters. The molecule has 0 radical (unpaired) electrons. The molecule has 1 aliphatic rings. The molecule has 4 rings (SSSR count). The summed E-state index contributed by atoms with van der Waals surface area (Å²) in [5.41, 5.74) is 0.837. The SMILES string of the molecule is Cn1c(-c2ccc(C(F)(F)F)cc2)nnc1C1(c2ccc(Cl)cc2)CCC1. The van der Waals surface area contributed by atoms with Crippen molar-refractivity contribution in [3.05, 3.63) is 70.5 Å². The molecule has 27 heavy (non-hydrogen) atoms. The quantitative estimate of drug-likeness (QED) is 0.579. The zero-order valence-corrected chi connectivity index (χ0v) is 15.3. The van der Waals surface area contributed by atoms with E-state index in [2.05, 4.69) is 10.2 Å². The minimum Gasteiger partial charge on any atom is -0.313 e. The van der Waals surface area contributed by atoms with Crippen LogP contribution in [-0.2, 0) is 18.6 Å². The van der Waals surface area contributed by atoms with Gasteiger partial charge in [0.15, 0.2) is 5.82 Å². The maximum Gasteiger partial charge on any atom is 0.416 e. The molecule has 0 amide bonds. The van der Waals surface area contributed by atoms with E-state index in [4.69, 9.17) is 11.6 Å². The molecule has 3 aromatic rings. The summed E-state index contributed by atoms with van der Waals surface area (Å²) in [6.45, 7) is 0. The first-order valence-corrected chi connectivity index (χ1v) is 9.03. The summed E-state index contributed by atoms with van der Waals surface area (Å²) in [5.74, 6) is 1.38. The zero-order chi connectivity index (χ0) is 19.2. The number of rotatable bonds is 3. The van der Waals surface area contributed by atoms with Crippen LogP contribution in [0, 0.1) is 0 Å². The van der Waals surface area contributed by atoms with Gasteiger partial charge in [-0.1, -0.05) is 42.3 Å². The summed E-state index contributed by atoms with van der Waals surface area (Å²) in [6, 6.07) is 12.8. The Bertz CT molecular complexity index is 956. The van der Waals surface area contributed by atoms with Crippen molar-refractivity contribution in [1.29, 1.82) is 0 Å². The second kappa shape index (κ2) is 6.37. The number of hydrogen-bond acceptors (Lipinski definition) is 2. The van der Waals surface area contributed by atoms with E-state index < -0.39 is 11.7 Å². The number of nitrogens with zero attached hydrogens (tertiary/aromatic N) is 3. The fourth-order valence-corrected chi connectivity index (χ4v) is 3.87. The van der Waals surface area contributed by atoms with Crippen LogP contribution in [0.25, 0.3) is 11.4 Å². The van der Waals surface area contributed by atoms with E-state index in [-0.39, 0.29) is 5.41 Å². The molecule has 0 N–H and O–H groups in total. The van der Waals surface area contributed by atoms with E-state index in [1.807, 2.05) is 35.9 Å². The summed E-state index contributed by atoms with van der Waals surface area (Å²) in [6.07, 6.45) is -1.36. The Balaban J connectivity index is 1.72. The van der Waals surface area contributed by atoms with Gasteiger partial charge in [0.2, 0.25) is 0 Å². The number of alkyl halides is 3. The molecule has 1 heterocycles. The maximum absolute atomic E-state index is 12.8. The molecular formula is C20H17ClF3N3. The van der Waals surface area contributed by atoms with Crippen molar-refractivity contribution in [3.8, 4) is 11.4 Å². The van der Waals surface area contributed by atoms with Crippen LogP contribution in [0.1, 0.15) is 36.2 Å². The van der Waals surface area contributed by atoms with E-state index in [1.165, 1.54) is 12.1 Å². The predicted molar refractivity (Wildman–Crippen MR) is 97.5 cm³/mol. The normalized spacial score (nSPS) is 16.2. The van der Waals surface area contributed by atoms with Crippen molar-refractivity contribution in [2.24, 2.45) is 7.05 Å². The van der Waals surface area contributed by atoms with E-state index in [0.717, 1.165) is 42.8 Å². The van der Waals surface area contributed by atoms with Crippen molar-refractivity contribution in [1.82, 2.24) is 14.8 Å². The van der Waals surface area contributed by atoms with Gasteiger partial charge in [-0.15, -0.1) is 10.2 Å². The Morgan fingerprint density at radius 3 is 2.11 bits per heavy atom. The molecule has 0 saturated heterocycles. The second-order valence-electron chi connectivity index (χ2n) is 6.92. The van der Waals surface area contributed by atoms with Crippen molar-refractivity contribution >= 4 is 11.6 Å². The lowest BCUT2D eigenvalue weighted by molar-refractivity contribution is -0.137. The Morgan fingerprint density at radius 1 is 0.963 bits per heavy atom. The highest BCUT2D eigenvalue weighted by atomic mass is 35.5. The molecule has 1 saturated carbocycles. The summed E-state index contributed by atoms with van der Waals surface area (Å²) in [5, 5.41) is 9.37. The average molecular weight is 392 g/mol. The van der Waals surface area contributed by atoms with E-state index in [0.29, 0.717) is 16.4 Å². The minimum atomic E-state index is -4.35. The van der Waals surface area contributed by atoms with Gasteiger partial charge in [0, 0.05) is 17.6 Å². The van der Waals surface area contributed by atoms with Crippen LogP contribution in [0.4, 0.5) is 13.2 Å². The number of halogens is 4. The third-order valence-corrected chi connectivity index (χ3v) is 5.63. The van der Waals surface area contributed by atoms with E-state index in [1.54, 1.807) is 0 Å². The van der Waals surface area contributed by atoms with Crippen molar-refractivity contribution in [2.45, 2.75) is 30.9 Å². The molecule has 2 aromatic carbocycles. The number of hydrogen-bond donors (Lipinski definition) is 0. The van der Waals surface area contributed by atoms with Crippen LogP contribution >= 0.6 is 11.6 Å². The van der Waals surface area contributed by atoms with Gasteiger partial charge in [-0.25, -0.2) is 0 Å². The van der Waals surface area contributed by atoms with Crippen molar-refractivity contribution in [3.63, 3.8) is 0 Å². The van der Waals surface area contributed by atoms with Gasteiger partial charge in [-0.3, -0.25) is 0 Å². The smallest absolute Gasteiger partial charge is 0.313 e. The molecule has 1 aromatic heterocycles. The van der Waals surface area contributed by atoms with Gasteiger partial charge in [0.25, 0.3) is 0 Å². The minimum absolute atomic E-state index is 0.226. The van der Waals surface area contributed by atoms with Crippen LogP contribution in [0.15, 0.2) is 48.5 Å². The standard InChI is InChI=1S/C20H17ClF3N3/c1-27-17(13-3-5-15(6-4-13)20(22,23)24)25-26-18(27)19(11-2-12-19)14-7-9-16(21)10-8-14/h3-10H,2,11-12H2,1H3. The van der Waals surface area contributed by atoms with Crippen LogP contribution in [0.2, 0.25) is 5.02 Å². The monoisotopic (exact) mass is 391 g/mol. The summed E-state index contributed by atoms with van der Waals surface area (Å²) in [4.78, 5) is 0. The second-order valence-corrected chi connectivity index (χ2v) is 7.36. The van der Waals surface area contributed by atoms with Crippen LogP contribution in [0.5, 0.6) is 0 Å². The largest absolute Gasteiger partial charge is 0.416 e. The molecule has 0 unspecified atom stereocenters. The average Bonchev–Trinajstić information content (AvgIpc) is 2.97. The molecular weight excluding hydrogens is 375 g/mol. The highest BCUT2D eigenvalue weighted by Gasteiger charge is 2.44. The molecule has 0 spiro atoms. The molecule has 1 fully saturated rings. The van der Waals surface area contributed by atoms with Crippen molar-refractivity contribution in [2.75, 3.05) is 0 Å². The topological polar surface area (TPSA) is 30.7 Å². The van der Waals surface area contributed by atoms with Gasteiger partial charge in [0.05, 0.1) is 11.0 Å². The van der Waals surface area contributed by atoms with E-state index >= 15 is 0 Å². The highest BCUT2D eigenvalue weighted by Crippen LogP contribution is 2.48. The molecule has 0 aliphatic heterocycles. The van der Waals surface area contributed by atoms with Gasteiger partial charge in [0.1, 0.15) is 5.82 Å². The molecule has 1 aliphatic carbocycles. The first-order chi connectivity index (χ1) is 12.8. The summed E-state index contributed by atoms with van der Waals surface area (Å²) in [7, 11) is 1.86. The third kappa shape index (κ3) is 3.02. The fraction of sp³-hybridized carbons (Fsp3) is 0.300. The van der Waals surface area contributed by atoms with E-state index in [9.17, 15) is 13.2 Å². The molecule has 7 heteroatoms. The summed E-state index contributed by atoms with van der Waals surface area (Å²) < 4.78 is 40.3. The first kappa shape index (κ1) is 18.0. The zero-order valence-electron chi connectivity index (χ0n) is 14.6. The van der Waals surface area contributed by atoms with Crippen LogP contribution < -0.4 is 0 Å². The molecule has 140 valence electrons. The Morgan fingerprint density at radius 2 is 1.59 bits per heavy atom. The maximum atomic E-state index is 12.8. The van der Waals surface area contributed by atoms with Gasteiger partial charge in [-0.2, -0.15) is 13.2 Å². The lowest BCUT2D eigenvalue weighted by atomic mass is 9.64. The van der Waals surface area contributed by atoms with Gasteiger partial charge < -0.3 is 4.57 Å². The molecule has 3 nitrogen and oxygen atoms in total. The Hall–Kier alpha value is -2.34. The van der Waals surface area contributed by atoms with Gasteiger partial charge in [-0.05, 0) is 42.7 Å². The predicted octanol–water partition coefficient (Wildman–Crippen LogP) is 5.62. The Labute approximate surface area is 159 Å². The van der Waals surface area contributed by atoms with Crippen molar-refractivity contribution < 1.29 is 13.2 Å². The lowest BCUT2D eigenvalue weighted by Gasteiger charge is -2.41. The fourth-order valence-electron chi connectivity index (χ4n) is 3.75. The number of aromatic nitrogens is 3. The lowest BCUT2D eigenvalue weighted by Crippen LogP contribution is -2.38. The molecule has 0 bridgehead atoms. The third-order valence-electron chi connectivity index (χ3n) is 5.38. The Kier molecular flexibility index (Phi) is 4.26. The van der Waals surface area contributed by atoms with Crippen LogP contribution in [-0.4, -0.2) is 14.8 Å². The number of benzene rings is 2. The highest BCUT2D eigenvalue weighted by molar-refractivity contribution is 6.30.